The monoisotopic (exact) mass is 321 g/mol. The summed E-state index contributed by atoms with van der Waals surface area (Å²) in [5.74, 6) is -1.22. The zero-order valence-electron chi connectivity index (χ0n) is 9.27. The Kier molecular flexibility index (Phi) is 4.29. The second kappa shape index (κ2) is 5.16. The topological polar surface area (TPSA) is 83.5 Å². The lowest BCUT2D eigenvalue weighted by molar-refractivity contribution is -0.138. The molecule has 0 aromatic heterocycles. The number of hydrogen-bond donors (Lipinski definition) is 2. The summed E-state index contributed by atoms with van der Waals surface area (Å²) in [7, 11) is -3.80. The predicted octanol–water partition coefficient (Wildman–Crippen LogP) is 1.51. The summed E-state index contributed by atoms with van der Waals surface area (Å²) in [4.78, 5) is 10.6. The zero-order chi connectivity index (χ0) is 13.2. The van der Waals surface area contributed by atoms with E-state index in [0.29, 0.717) is 0 Å². The van der Waals surface area contributed by atoms with E-state index in [9.17, 15) is 13.2 Å². The van der Waals surface area contributed by atoms with Crippen LogP contribution in [0.3, 0.4) is 0 Å². The van der Waals surface area contributed by atoms with Crippen LogP contribution in [-0.2, 0) is 14.8 Å². The van der Waals surface area contributed by atoms with E-state index in [4.69, 9.17) is 5.11 Å². The fraction of sp³-hybridized carbons (Fsp3) is 0.300. The molecule has 1 aromatic carbocycles. The Bertz CT molecular complexity index is 541. The first-order chi connectivity index (χ1) is 7.74. The number of sulfonamides is 1. The maximum absolute atomic E-state index is 11.8. The van der Waals surface area contributed by atoms with Crippen molar-refractivity contribution in [2.45, 2.75) is 24.8 Å². The molecule has 0 amide bonds. The summed E-state index contributed by atoms with van der Waals surface area (Å²) in [6, 6.07) is 3.33. The molecule has 0 saturated carbocycles. The lowest BCUT2D eigenvalue weighted by Gasteiger charge is -2.11. The summed E-state index contributed by atoms with van der Waals surface area (Å²) < 4.78 is 26.5. The molecule has 1 rings (SSSR count). The van der Waals surface area contributed by atoms with Gasteiger partial charge >= 0.3 is 5.97 Å². The number of rotatable bonds is 4. The molecule has 94 valence electrons. The van der Waals surface area contributed by atoms with Crippen LogP contribution in [0, 0.1) is 6.92 Å². The highest BCUT2D eigenvalue weighted by Gasteiger charge is 2.21. The minimum atomic E-state index is -3.80. The van der Waals surface area contributed by atoms with E-state index in [1.54, 1.807) is 13.0 Å². The van der Waals surface area contributed by atoms with E-state index < -0.39 is 22.0 Å². The second-order valence-corrected chi connectivity index (χ2v) is 6.16. The van der Waals surface area contributed by atoms with Crippen molar-refractivity contribution >= 4 is 31.9 Å². The van der Waals surface area contributed by atoms with Crippen LogP contribution in [0.5, 0.6) is 0 Å². The third-order valence-electron chi connectivity index (χ3n) is 2.14. The van der Waals surface area contributed by atoms with E-state index in [1.165, 1.54) is 19.1 Å². The number of aryl methyl sites for hydroxylation is 1. The number of halogens is 1. The molecular formula is C10H12BrNO4S. The number of carboxylic acid groups (broad SMARTS) is 1. The SMILES string of the molecule is Cc1cc(S(=O)(=O)N[C@H](C)C(=O)O)ccc1Br. The number of carboxylic acids is 1. The van der Waals surface area contributed by atoms with Crippen LogP contribution in [0.1, 0.15) is 12.5 Å². The maximum atomic E-state index is 11.8. The van der Waals surface area contributed by atoms with Gasteiger partial charge in [-0.15, -0.1) is 0 Å². The van der Waals surface area contributed by atoms with Crippen molar-refractivity contribution in [2.75, 3.05) is 0 Å². The van der Waals surface area contributed by atoms with Gasteiger partial charge in [-0.3, -0.25) is 4.79 Å². The first-order valence-corrected chi connectivity index (χ1v) is 7.03. The van der Waals surface area contributed by atoms with Gasteiger partial charge in [0.15, 0.2) is 0 Å². The van der Waals surface area contributed by atoms with Crippen LogP contribution in [0.2, 0.25) is 0 Å². The van der Waals surface area contributed by atoms with Crippen molar-refractivity contribution in [3.05, 3.63) is 28.2 Å². The van der Waals surface area contributed by atoms with Crippen LogP contribution >= 0.6 is 15.9 Å². The Balaban J connectivity index is 3.05. The molecule has 0 fully saturated rings. The summed E-state index contributed by atoms with van der Waals surface area (Å²) in [6.07, 6.45) is 0. The minimum absolute atomic E-state index is 0.0475. The Hall–Kier alpha value is -0.920. The Labute approximate surface area is 108 Å². The van der Waals surface area contributed by atoms with Gasteiger partial charge in [0.05, 0.1) is 4.90 Å². The van der Waals surface area contributed by atoms with Gasteiger partial charge in [0, 0.05) is 4.47 Å². The highest BCUT2D eigenvalue weighted by Crippen LogP contribution is 2.20. The average Bonchev–Trinajstić information content (AvgIpc) is 2.21. The molecule has 1 atom stereocenters. The molecular weight excluding hydrogens is 310 g/mol. The second-order valence-electron chi connectivity index (χ2n) is 3.59. The van der Waals surface area contributed by atoms with Crippen LogP contribution in [-0.4, -0.2) is 25.5 Å². The molecule has 1 aromatic rings. The normalized spacial score (nSPS) is 13.4. The molecule has 17 heavy (non-hydrogen) atoms. The Morgan fingerprint density at radius 1 is 1.47 bits per heavy atom. The van der Waals surface area contributed by atoms with E-state index >= 15 is 0 Å². The molecule has 0 spiro atoms. The van der Waals surface area contributed by atoms with Gasteiger partial charge in [0.2, 0.25) is 10.0 Å². The number of benzene rings is 1. The number of aliphatic carboxylic acids is 1. The van der Waals surface area contributed by atoms with Crippen molar-refractivity contribution in [3.8, 4) is 0 Å². The Morgan fingerprint density at radius 2 is 2.06 bits per heavy atom. The van der Waals surface area contributed by atoms with Gasteiger partial charge in [0.25, 0.3) is 0 Å². The molecule has 0 aliphatic rings. The molecule has 0 aliphatic carbocycles. The third-order valence-corrected chi connectivity index (χ3v) is 4.57. The van der Waals surface area contributed by atoms with Crippen molar-refractivity contribution in [2.24, 2.45) is 0 Å². The quantitative estimate of drug-likeness (QED) is 0.880. The first-order valence-electron chi connectivity index (χ1n) is 4.75. The maximum Gasteiger partial charge on any atom is 0.321 e. The molecule has 5 nitrogen and oxygen atoms in total. The number of carbonyl (C=O) groups is 1. The molecule has 0 bridgehead atoms. The van der Waals surface area contributed by atoms with E-state index in [0.717, 1.165) is 10.0 Å². The minimum Gasteiger partial charge on any atom is -0.480 e. The molecule has 0 saturated heterocycles. The van der Waals surface area contributed by atoms with Crippen molar-refractivity contribution in [1.29, 1.82) is 0 Å². The van der Waals surface area contributed by atoms with Crippen molar-refractivity contribution in [3.63, 3.8) is 0 Å². The van der Waals surface area contributed by atoms with Gasteiger partial charge in [-0.1, -0.05) is 15.9 Å². The summed E-state index contributed by atoms with van der Waals surface area (Å²) >= 11 is 3.26. The lowest BCUT2D eigenvalue weighted by Crippen LogP contribution is -2.38. The number of nitrogens with one attached hydrogen (secondary N) is 1. The predicted molar refractivity (Wildman–Crippen MR) is 66.3 cm³/mol. The third kappa shape index (κ3) is 3.52. The Morgan fingerprint density at radius 3 is 2.53 bits per heavy atom. The smallest absolute Gasteiger partial charge is 0.321 e. The largest absolute Gasteiger partial charge is 0.480 e. The molecule has 0 aliphatic heterocycles. The number of hydrogen-bond acceptors (Lipinski definition) is 3. The molecule has 7 heteroatoms. The van der Waals surface area contributed by atoms with E-state index in [1.807, 2.05) is 0 Å². The van der Waals surface area contributed by atoms with E-state index in [2.05, 4.69) is 20.7 Å². The lowest BCUT2D eigenvalue weighted by atomic mass is 10.2. The van der Waals surface area contributed by atoms with Gasteiger partial charge in [-0.05, 0) is 37.6 Å². The van der Waals surface area contributed by atoms with E-state index in [-0.39, 0.29) is 4.90 Å². The summed E-state index contributed by atoms with van der Waals surface area (Å²) in [5, 5.41) is 8.66. The van der Waals surface area contributed by atoms with Crippen LogP contribution < -0.4 is 4.72 Å². The fourth-order valence-electron chi connectivity index (χ4n) is 1.14. The molecule has 0 heterocycles. The summed E-state index contributed by atoms with van der Waals surface area (Å²) in [5.41, 5.74) is 0.760. The fourth-order valence-corrected chi connectivity index (χ4v) is 2.66. The molecule has 2 N–H and O–H groups in total. The summed E-state index contributed by atoms with van der Waals surface area (Å²) in [6.45, 7) is 3.02. The van der Waals surface area contributed by atoms with Crippen molar-refractivity contribution < 1.29 is 18.3 Å². The van der Waals surface area contributed by atoms with Gasteiger partial charge in [0.1, 0.15) is 6.04 Å². The standard InChI is InChI=1S/C10H12BrNO4S/c1-6-5-8(3-4-9(6)11)17(15,16)12-7(2)10(13)14/h3-5,7,12H,1-2H3,(H,13,14)/t7-/m1/s1. The van der Waals surface area contributed by atoms with Crippen LogP contribution in [0.4, 0.5) is 0 Å². The van der Waals surface area contributed by atoms with Crippen LogP contribution in [0.15, 0.2) is 27.6 Å². The average molecular weight is 322 g/mol. The molecule has 0 unspecified atom stereocenters. The van der Waals surface area contributed by atoms with Gasteiger partial charge < -0.3 is 5.11 Å². The highest BCUT2D eigenvalue weighted by atomic mass is 79.9. The zero-order valence-corrected chi connectivity index (χ0v) is 11.7. The van der Waals surface area contributed by atoms with Crippen molar-refractivity contribution in [1.82, 2.24) is 4.72 Å². The highest BCUT2D eigenvalue weighted by molar-refractivity contribution is 9.10. The molecule has 0 radical (unpaired) electrons. The van der Waals surface area contributed by atoms with Gasteiger partial charge in [-0.25, -0.2) is 8.42 Å². The first kappa shape index (κ1) is 14.1. The van der Waals surface area contributed by atoms with Crippen LogP contribution in [0.25, 0.3) is 0 Å². The van der Waals surface area contributed by atoms with Gasteiger partial charge in [-0.2, -0.15) is 4.72 Å².